The van der Waals surface area contributed by atoms with Gasteiger partial charge in [-0.05, 0) is 79.4 Å². The Bertz CT molecular complexity index is 960. The Hall–Kier alpha value is -2.22. The summed E-state index contributed by atoms with van der Waals surface area (Å²) >= 11 is 0. The smallest absolute Gasteiger partial charge is 0.133 e. The number of fused-ring (bicyclic) bond motifs is 1. The maximum Gasteiger partial charge on any atom is 0.133 e. The molecule has 0 heterocycles. The highest BCUT2D eigenvalue weighted by molar-refractivity contribution is 5.91. The Balaban J connectivity index is 0.000000820. The first-order valence-corrected chi connectivity index (χ1v) is 12.4. The van der Waals surface area contributed by atoms with Crippen LogP contribution in [0.4, 0.5) is 8.78 Å². The highest BCUT2D eigenvalue weighted by atomic mass is 19.1. The Labute approximate surface area is 201 Å². The molecule has 0 aliphatic heterocycles. The van der Waals surface area contributed by atoms with Crippen molar-refractivity contribution in [2.45, 2.75) is 87.5 Å². The van der Waals surface area contributed by atoms with Gasteiger partial charge in [-0.15, -0.1) is 0 Å². The SMILES string of the molecule is C=C1C2=C(C(F)=CCC2CC=CC)C(C)(C)c2cc(C)c(F)c(/C=C\C)c21.CC.CC(C)C. The van der Waals surface area contributed by atoms with Gasteiger partial charge in [-0.1, -0.05) is 85.4 Å². The van der Waals surface area contributed by atoms with Crippen molar-refractivity contribution in [1.82, 2.24) is 0 Å². The molecule has 1 aromatic rings. The molecule has 0 spiro atoms. The monoisotopic (exact) mass is 454 g/mol. The van der Waals surface area contributed by atoms with Crippen molar-refractivity contribution in [2.24, 2.45) is 11.8 Å². The van der Waals surface area contributed by atoms with Crippen molar-refractivity contribution < 1.29 is 8.78 Å². The third-order valence-corrected chi connectivity index (χ3v) is 5.90. The molecule has 2 aliphatic carbocycles. The number of hydrogen-bond acceptors (Lipinski definition) is 0. The lowest BCUT2D eigenvalue weighted by molar-refractivity contribution is 0.498. The number of rotatable bonds is 3. The van der Waals surface area contributed by atoms with Crippen LogP contribution in [0, 0.1) is 24.6 Å². The van der Waals surface area contributed by atoms with E-state index in [0.717, 1.165) is 40.2 Å². The van der Waals surface area contributed by atoms with Crippen LogP contribution in [0.2, 0.25) is 0 Å². The summed E-state index contributed by atoms with van der Waals surface area (Å²) in [6.45, 7) is 24.6. The molecule has 2 heteroatoms. The molecule has 0 aromatic heterocycles. The van der Waals surface area contributed by atoms with Gasteiger partial charge in [-0.25, -0.2) is 8.78 Å². The van der Waals surface area contributed by atoms with Gasteiger partial charge in [0.15, 0.2) is 0 Å². The molecular formula is C31H44F2. The summed E-state index contributed by atoms with van der Waals surface area (Å²) in [5.74, 6) is 0.621. The van der Waals surface area contributed by atoms with Gasteiger partial charge in [0.05, 0.1) is 0 Å². The van der Waals surface area contributed by atoms with Gasteiger partial charge in [0, 0.05) is 16.6 Å². The summed E-state index contributed by atoms with van der Waals surface area (Å²) in [6.07, 6.45) is 11.0. The third kappa shape index (κ3) is 6.02. The summed E-state index contributed by atoms with van der Waals surface area (Å²) in [5, 5.41) is 0. The molecule has 1 aromatic carbocycles. The molecule has 1 atom stereocenters. The predicted molar refractivity (Wildman–Crippen MR) is 144 cm³/mol. The molecule has 0 N–H and O–H groups in total. The van der Waals surface area contributed by atoms with Crippen molar-refractivity contribution >= 4 is 11.6 Å². The second-order valence-corrected chi connectivity index (χ2v) is 9.76. The normalized spacial score (nSPS) is 19.0. The van der Waals surface area contributed by atoms with Gasteiger partial charge in [0.2, 0.25) is 0 Å². The molecule has 33 heavy (non-hydrogen) atoms. The van der Waals surface area contributed by atoms with Gasteiger partial charge in [0.1, 0.15) is 11.6 Å². The van der Waals surface area contributed by atoms with E-state index in [1.165, 1.54) is 0 Å². The van der Waals surface area contributed by atoms with Crippen LogP contribution < -0.4 is 0 Å². The van der Waals surface area contributed by atoms with Crippen LogP contribution in [0.25, 0.3) is 11.6 Å². The highest BCUT2D eigenvalue weighted by Gasteiger charge is 2.43. The average molecular weight is 455 g/mol. The lowest BCUT2D eigenvalue weighted by atomic mass is 9.61. The average Bonchev–Trinajstić information content (AvgIpc) is 2.75. The Kier molecular flexibility index (Phi) is 10.7. The van der Waals surface area contributed by atoms with E-state index in [0.29, 0.717) is 17.5 Å². The predicted octanol–water partition coefficient (Wildman–Crippen LogP) is 10.3. The zero-order valence-corrected chi connectivity index (χ0v) is 22.5. The number of allylic oxidation sites excluding steroid dienone is 8. The van der Waals surface area contributed by atoms with Crippen molar-refractivity contribution in [3.63, 3.8) is 0 Å². The Morgan fingerprint density at radius 3 is 2.21 bits per heavy atom. The van der Waals surface area contributed by atoms with E-state index in [1.807, 2.05) is 65.8 Å². The fourth-order valence-corrected chi connectivity index (χ4v) is 4.58. The first kappa shape index (κ1) is 28.8. The third-order valence-electron chi connectivity index (χ3n) is 5.90. The van der Waals surface area contributed by atoms with Gasteiger partial charge in [-0.3, -0.25) is 0 Å². The molecule has 0 radical (unpaired) electrons. The van der Waals surface area contributed by atoms with E-state index < -0.39 is 5.41 Å². The quantitative estimate of drug-likeness (QED) is 0.398. The standard InChI is InChI=1S/C25H28F2.C4H10.C2H6/c1-7-9-11-17-12-13-20(26)23-21(17)16(4)22-18(10-8-2)24(27)15(3)14-19(22)25(23,5)6;1-4(2)3;1-2/h7-10,13-14,17H,4,11-12H2,1-3,5-6H3;4H,1-3H3;1-2H3/b9-7?,10-8-;;. The number of halogens is 2. The molecule has 0 fully saturated rings. The molecule has 3 rings (SSSR count). The van der Waals surface area contributed by atoms with E-state index in [2.05, 4.69) is 33.4 Å². The first-order valence-electron chi connectivity index (χ1n) is 12.4. The van der Waals surface area contributed by atoms with Crippen LogP contribution in [-0.2, 0) is 5.41 Å². The summed E-state index contributed by atoms with van der Waals surface area (Å²) in [6, 6.07) is 1.87. The lowest BCUT2D eigenvalue weighted by Crippen LogP contribution is -2.32. The van der Waals surface area contributed by atoms with Gasteiger partial charge in [-0.2, -0.15) is 0 Å². The molecule has 1 unspecified atom stereocenters. The van der Waals surface area contributed by atoms with Gasteiger partial charge < -0.3 is 0 Å². The van der Waals surface area contributed by atoms with Crippen molar-refractivity contribution in [3.8, 4) is 0 Å². The van der Waals surface area contributed by atoms with Gasteiger partial charge >= 0.3 is 0 Å². The van der Waals surface area contributed by atoms with Crippen LogP contribution >= 0.6 is 0 Å². The Morgan fingerprint density at radius 2 is 1.70 bits per heavy atom. The highest BCUT2D eigenvalue weighted by Crippen LogP contribution is 2.54. The Morgan fingerprint density at radius 1 is 1.12 bits per heavy atom. The van der Waals surface area contributed by atoms with E-state index in [4.69, 9.17) is 0 Å². The minimum Gasteiger partial charge on any atom is -0.207 e. The molecular weight excluding hydrogens is 410 g/mol. The zero-order chi connectivity index (χ0) is 25.5. The molecule has 2 aliphatic rings. The van der Waals surface area contributed by atoms with Crippen molar-refractivity contribution in [2.75, 3.05) is 0 Å². The largest absolute Gasteiger partial charge is 0.207 e. The second-order valence-electron chi connectivity index (χ2n) is 9.76. The molecule has 0 bridgehead atoms. The summed E-state index contributed by atoms with van der Waals surface area (Å²) in [7, 11) is 0. The maximum absolute atomic E-state index is 15.1. The van der Waals surface area contributed by atoms with E-state index >= 15 is 4.39 Å². The number of hydrogen-bond donors (Lipinski definition) is 0. The van der Waals surface area contributed by atoms with Crippen LogP contribution in [0.5, 0.6) is 0 Å². The fourth-order valence-electron chi connectivity index (χ4n) is 4.58. The van der Waals surface area contributed by atoms with E-state index in [1.54, 1.807) is 13.0 Å². The van der Waals surface area contributed by atoms with Crippen LogP contribution in [-0.4, -0.2) is 0 Å². The molecule has 0 saturated carbocycles. The number of aryl methyl sites for hydroxylation is 1. The maximum atomic E-state index is 15.1. The molecule has 0 nitrogen and oxygen atoms in total. The topological polar surface area (TPSA) is 0 Å². The van der Waals surface area contributed by atoms with Crippen LogP contribution in [0.3, 0.4) is 0 Å². The molecule has 182 valence electrons. The van der Waals surface area contributed by atoms with E-state index in [9.17, 15) is 4.39 Å². The summed E-state index contributed by atoms with van der Waals surface area (Å²) in [4.78, 5) is 0. The number of benzene rings is 1. The minimum absolute atomic E-state index is 0.159. The van der Waals surface area contributed by atoms with Crippen LogP contribution in [0.1, 0.15) is 97.4 Å². The second kappa shape index (κ2) is 12.3. The lowest BCUT2D eigenvalue weighted by Gasteiger charge is -2.42. The molecule has 0 saturated heterocycles. The fraction of sp³-hybridized carbons (Fsp3) is 0.484. The summed E-state index contributed by atoms with van der Waals surface area (Å²) in [5.41, 5.74) is 4.83. The van der Waals surface area contributed by atoms with E-state index in [-0.39, 0.29) is 17.6 Å². The zero-order valence-electron chi connectivity index (χ0n) is 22.5. The molecule has 0 amide bonds. The van der Waals surface area contributed by atoms with Crippen molar-refractivity contribution in [1.29, 1.82) is 0 Å². The van der Waals surface area contributed by atoms with Crippen molar-refractivity contribution in [3.05, 3.63) is 82.0 Å². The van der Waals surface area contributed by atoms with Crippen LogP contribution in [0.15, 0.2) is 53.9 Å². The first-order chi connectivity index (χ1) is 15.5. The summed E-state index contributed by atoms with van der Waals surface area (Å²) < 4.78 is 30.1. The minimum atomic E-state index is -0.546. The van der Waals surface area contributed by atoms with Gasteiger partial charge in [0.25, 0.3) is 0 Å².